The molecule has 0 atom stereocenters. The smallest absolute Gasteiger partial charge is 0.236 e. The number of rotatable bonds is 2. The lowest BCUT2D eigenvalue weighted by atomic mass is 9.81. The first-order valence-corrected chi connectivity index (χ1v) is 12.3. The van der Waals surface area contributed by atoms with Gasteiger partial charge in [0.25, 0.3) is 0 Å². The van der Waals surface area contributed by atoms with Crippen molar-refractivity contribution >= 4 is 26.6 Å². The minimum atomic E-state index is -3.64. The fourth-order valence-corrected chi connectivity index (χ4v) is 6.00. The first-order valence-electron chi connectivity index (χ1n) is 10.5. The minimum Gasteiger partial charge on any atom is -0.373 e. The third-order valence-corrected chi connectivity index (χ3v) is 7.48. The number of fused-ring (bicyclic) bond motifs is 4. The van der Waals surface area contributed by atoms with Crippen molar-refractivity contribution in [1.82, 2.24) is 13.8 Å². The van der Waals surface area contributed by atoms with Gasteiger partial charge in [-0.15, -0.1) is 0 Å². The number of anilines is 1. The summed E-state index contributed by atoms with van der Waals surface area (Å²) in [4.78, 5) is 0. The van der Waals surface area contributed by atoms with E-state index in [1.54, 1.807) is 10.7 Å². The van der Waals surface area contributed by atoms with Crippen molar-refractivity contribution in [2.75, 3.05) is 11.6 Å². The Balaban J connectivity index is 1.87. The van der Waals surface area contributed by atoms with E-state index in [-0.39, 0.29) is 5.52 Å². The summed E-state index contributed by atoms with van der Waals surface area (Å²) >= 11 is 0. The SMILES string of the molecule is Cc1nn(C)c2c1C(C)(C)Nc1c(F)cc(-c3cc(F)cc4c3ccn4S(C)(=O)=O)c(C)c1-2. The fraction of sp³-hybridized carbons (Fsp3) is 0.292. The van der Waals surface area contributed by atoms with Gasteiger partial charge in [-0.1, -0.05) is 0 Å². The van der Waals surface area contributed by atoms with Crippen LogP contribution in [0.4, 0.5) is 14.5 Å². The molecule has 0 aliphatic carbocycles. The summed E-state index contributed by atoms with van der Waals surface area (Å²) in [6, 6.07) is 5.50. The number of hydrogen-bond acceptors (Lipinski definition) is 4. The van der Waals surface area contributed by atoms with Crippen LogP contribution in [-0.2, 0) is 22.6 Å². The van der Waals surface area contributed by atoms with E-state index in [4.69, 9.17) is 0 Å². The fourth-order valence-electron chi connectivity index (χ4n) is 5.21. The van der Waals surface area contributed by atoms with Crippen molar-refractivity contribution in [3.8, 4) is 22.4 Å². The molecule has 0 amide bonds. The molecule has 0 radical (unpaired) electrons. The van der Waals surface area contributed by atoms with Gasteiger partial charge in [0.15, 0.2) is 0 Å². The average molecular weight is 471 g/mol. The number of benzene rings is 2. The molecule has 0 spiro atoms. The molecule has 2 aromatic carbocycles. The predicted molar refractivity (Wildman–Crippen MR) is 126 cm³/mol. The van der Waals surface area contributed by atoms with Gasteiger partial charge in [-0.2, -0.15) is 5.10 Å². The number of nitrogens with zero attached hydrogens (tertiary/aromatic N) is 3. The second-order valence-corrected chi connectivity index (χ2v) is 11.1. The van der Waals surface area contributed by atoms with E-state index < -0.39 is 27.2 Å². The summed E-state index contributed by atoms with van der Waals surface area (Å²) in [5.41, 5.74) is 5.02. The van der Waals surface area contributed by atoms with E-state index in [2.05, 4.69) is 10.4 Å². The molecular formula is C24H24F2N4O2S. The van der Waals surface area contributed by atoms with Crippen LogP contribution < -0.4 is 5.32 Å². The van der Waals surface area contributed by atoms with Gasteiger partial charge < -0.3 is 5.32 Å². The molecule has 0 fully saturated rings. The van der Waals surface area contributed by atoms with Crippen molar-refractivity contribution in [2.45, 2.75) is 33.2 Å². The van der Waals surface area contributed by atoms with Gasteiger partial charge in [-0.3, -0.25) is 4.68 Å². The maximum Gasteiger partial charge on any atom is 0.236 e. The summed E-state index contributed by atoms with van der Waals surface area (Å²) in [5.74, 6) is -1.07. The Bertz CT molecular complexity index is 1600. The van der Waals surface area contributed by atoms with Crippen LogP contribution in [0.2, 0.25) is 0 Å². The zero-order valence-corrected chi connectivity index (χ0v) is 20.0. The highest BCUT2D eigenvalue weighted by Crippen LogP contribution is 2.49. The van der Waals surface area contributed by atoms with Crippen LogP contribution in [0.3, 0.4) is 0 Å². The van der Waals surface area contributed by atoms with Crippen molar-refractivity contribution in [2.24, 2.45) is 7.05 Å². The Morgan fingerprint density at radius 1 is 1.09 bits per heavy atom. The summed E-state index contributed by atoms with van der Waals surface area (Å²) < 4.78 is 57.4. The third-order valence-electron chi connectivity index (χ3n) is 6.44. The first-order chi connectivity index (χ1) is 15.3. The molecule has 1 aliphatic heterocycles. The maximum absolute atomic E-state index is 15.6. The highest BCUT2D eigenvalue weighted by atomic mass is 32.2. The Kier molecular flexibility index (Phi) is 4.37. The second kappa shape index (κ2) is 6.66. The minimum absolute atomic E-state index is 0.210. The van der Waals surface area contributed by atoms with Crippen molar-refractivity contribution in [1.29, 1.82) is 0 Å². The quantitative estimate of drug-likeness (QED) is 0.444. The highest BCUT2D eigenvalue weighted by Gasteiger charge is 2.38. The van der Waals surface area contributed by atoms with E-state index in [0.717, 1.165) is 32.7 Å². The highest BCUT2D eigenvalue weighted by molar-refractivity contribution is 7.89. The third kappa shape index (κ3) is 3.02. The Morgan fingerprint density at radius 3 is 2.45 bits per heavy atom. The number of aryl methyl sites for hydroxylation is 2. The molecule has 33 heavy (non-hydrogen) atoms. The van der Waals surface area contributed by atoms with E-state index >= 15 is 4.39 Å². The standard InChI is InChI=1S/C24H24F2N4O2S/c1-12-16(17-9-14(25)10-19-15(17)7-8-30(19)33(6,31)32)11-18(26)22-20(12)23-21(24(3,4)27-22)13(2)28-29(23)5/h7-11,27H,1-6H3. The Morgan fingerprint density at radius 2 is 1.79 bits per heavy atom. The number of aromatic nitrogens is 3. The molecule has 2 aromatic heterocycles. The second-order valence-electron chi connectivity index (χ2n) is 9.22. The van der Waals surface area contributed by atoms with Gasteiger partial charge in [0.1, 0.15) is 11.6 Å². The van der Waals surface area contributed by atoms with E-state index in [9.17, 15) is 12.8 Å². The first kappa shape index (κ1) is 21.6. The number of halogens is 2. The van der Waals surface area contributed by atoms with Gasteiger partial charge in [0.2, 0.25) is 10.0 Å². The van der Waals surface area contributed by atoms with Gasteiger partial charge in [-0.25, -0.2) is 21.2 Å². The molecule has 1 aliphatic rings. The molecule has 4 aromatic rings. The van der Waals surface area contributed by atoms with Gasteiger partial charge in [0, 0.05) is 29.8 Å². The summed E-state index contributed by atoms with van der Waals surface area (Å²) in [7, 11) is -1.81. The summed E-state index contributed by atoms with van der Waals surface area (Å²) in [6.07, 6.45) is 2.44. The topological polar surface area (TPSA) is 68.9 Å². The largest absolute Gasteiger partial charge is 0.373 e. The van der Waals surface area contributed by atoms with E-state index in [0.29, 0.717) is 27.8 Å². The lowest BCUT2D eigenvalue weighted by Crippen LogP contribution is -2.33. The zero-order chi connectivity index (χ0) is 24.0. The number of nitrogens with one attached hydrogen (secondary N) is 1. The number of hydrogen-bond donors (Lipinski definition) is 1. The molecule has 0 unspecified atom stereocenters. The molecule has 3 heterocycles. The molecule has 0 saturated carbocycles. The van der Waals surface area contributed by atoms with Gasteiger partial charge >= 0.3 is 0 Å². The summed E-state index contributed by atoms with van der Waals surface area (Å²) in [6.45, 7) is 7.75. The molecule has 0 saturated heterocycles. The molecule has 9 heteroatoms. The van der Waals surface area contributed by atoms with Crippen LogP contribution in [0.5, 0.6) is 0 Å². The zero-order valence-electron chi connectivity index (χ0n) is 19.2. The van der Waals surface area contributed by atoms with E-state index in [1.807, 2.05) is 34.7 Å². The Hall–Kier alpha value is -3.20. The normalized spacial score (nSPS) is 14.8. The van der Waals surface area contributed by atoms with Crippen LogP contribution in [0.15, 0.2) is 30.5 Å². The predicted octanol–water partition coefficient (Wildman–Crippen LogP) is 5.07. The molecule has 172 valence electrons. The van der Waals surface area contributed by atoms with Crippen LogP contribution >= 0.6 is 0 Å². The molecule has 5 rings (SSSR count). The monoisotopic (exact) mass is 470 g/mol. The summed E-state index contributed by atoms with van der Waals surface area (Å²) in [5, 5.41) is 8.42. The Labute approximate surface area is 190 Å². The molecule has 6 nitrogen and oxygen atoms in total. The van der Waals surface area contributed by atoms with Crippen molar-refractivity contribution in [3.05, 3.63) is 58.9 Å². The van der Waals surface area contributed by atoms with Gasteiger partial charge in [0.05, 0.1) is 34.4 Å². The van der Waals surface area contributed by atoms with Crippen LogP contribution in [0.1, 0.15) is 30.7 Å². The lowest BCUT2D eigenvalue weighted by molar-refractivity contribution is 0.576. The molecular weight excluding hydrogens is 446 g/mol. The molecule has 0 bridgehead atoms. The van der Waals surface area contributed by atoms with Crippen LogP contribution in [-0.4, -0.2) is 28.4 Å². The van der Waals surface area contributed by atoms with Crippen molar-refractivity contribution in [3.63, 3.8) is 0 Å². The molecule has 1 N–H and O–H groups in total. The maximum atomic E-state index is 15.6. The van der Waals surface area contributed by atoms with Crippen LogP contribution in [0.25, 0.3) is 33.3 Å². The lowest BCUT2D eigenvalue weighted by Gasteiger charge is -2.36. The van der Waals surface area contributed by atoms with Crippen molar-refractivity contribution < 1.29 is 17.2 Å². The van der Waals surface area contributed by atoms with Crippen LogP contribution in [0, 0.1) is 25.5 Å². The van der Waals surface area contributed by atoms with Gasteiger partial charge in [-0.05, 0) is 68.7 Å². The average Bonchev–Trinajstić information content (AvgIpc) is 3.25. The van der Waals surface area contributed by atoms with E-state index in [1.165, 1.54) is 24.4 Å².